The largest absolute Gasteiger partial charge is 0.433 e. The minimum Gasteiger partial charge on any atom is -0.398 e. The summed E-state index contributed by atoms with van der Waals surface area (Å²) < 4.78 is 38.6. The Morgan fingerprint density at radius 1 is 1.20 bits per heavy atom. The zero-order chi connectivity index (χ0) is 14.9. The number of nitrogens with zero attached hydrogens (tertiary/aromatic N) is 1. The number of halogens is 4. The monoisotopic (exact) mass is 302 g/mol. The predicted molar refractivity (Wildman–Crippen MR) is 69.2 cm³/mol. The summed E-state index contributed by atoms with van der Waals surface area (Å²) in [5.41, 5.74) is 4.41. The van der Waals surface area contributed by atoms with Crippen molar-refractivity contribution in [1.29, 1.82) is 0 Å². The Labute approximate surface area is 117 Å². The van der Waals surface area contributed by atoms with Crippen LogP contribution < -0.4 is 5.73 Å². The zero-order valence-electron chi connectivity index (χ0n) is 10.0. The Morgan fingerprint density at radius 3 is 2.55 bits per heavy atom. The van der Waals surface area contributed by atoms with Crippen LogP contribution in [-0.2, 0) is 6.18 Å². The summed E-state index contributed by atoms with van der Waals surface area (Å²) in [6, 6.07) is 6.70. The highest BCUT2D eigenvalue weighted by Gasteiger charge is 2.37. The Balaban J connectivity index is 2.54. The van der Waals surface area contributed by atoms with Gasteiger partial charge in [-0.1, -0.05) is 17.7 Å². The van der Waals surface area contributed by atoms with Gasteiger partial charge in [-0.05, 0) is 24.3 Å². The number of anilines is 1. The summed E-state index contributed by atoms with van der Waals surface area (Å²) >= 11 is 5.77. The molecule has 0 saturated carbocycles. The molecule has 1 atom stereocenters. The van der Waals surface area contributed by atoms with E-state index in [1.807, 2.05) is 0 Å². The highest BCUT2D eigenvalue weighted by molar-refractivity contribution is 6.30. The summed E-state index contributed by atoms with van der Waals surface area (Å²) in [6.07, 6.45) is -5.20. The predicted octanol–water partition coefficient (Wildman–Crippen LogP) is 3.42. The highest BCUT2D eigenvalue weighted by atomic mass is 35.5. The minimum absolute atomic E-state index is 0.107. The molecule has 0 radical (unpaired) electrons. The van der Waals surface area contributed by atoms with E-state index < -0.39 is 18.0 Å². The number of rotatable bonds is 2. The van der Waals surface area contributed by atoms with Gasteiger partial charge in [-0.2, -0.15) is 13.2 Å². The quantitative estimate of drug-likeness (QED) is 0.836. The van der Waals surface area contributed by atoms with Crippen molar-refractivity contribution in [3.05, 3.63) is 58.4 Å². The summed E-state index contributed by atoms with van der Waals surface area (Å²) in [4.78, 5) is 3.29. The van der Waals surface area contributed by atoms with Gasteiger partial charge in [0, 0.05) is 28.0 Å². The van der Waals surface area contributed by atoms with Crippen LogP contribution in [0.3, 0.4) is 0 Å². The van der Waals surface area contributed by atoms with E-state index in [2.05, 4.69) is 4.98 Å². The van der Waals surface area contributed by atoms with Crippen LogP contribution in [0.4, 0.5) is 18.9 Å². The minimum atomic E-state index is -4.66. The standard InChI is InChI=1S/C13H10ClF3N2O/c14-7-3-4-10(18)9(6-7)11(20)8-2-1-5-19-12(8)13(15,16)17/h1-6,11,20H,18H2. The van der Waals surface area contributed by atoms with Gasteiger partial charge in [-0.3, -0.25) is 4.98 Å². The van der Waals surface area contributed by atoms with Gasteiger partial charge in [-0.25, -0.2) is 0 Å². The average molecular weight is 303 g/mol. The lowest BCUT2D eigenvalue weighted by molar-refractivity contribution is -0.142. The topological polar surface area (TPSA) is 59.1 Å². The van der Waals surface area contributed by atoms with Gasteiger partial charge < -0.3 is 10.8 Å². The number of pyridine rings is 1. The molecule has 106 valence electrons. The molecule has 0 spiro atoms. The van der Waals surface area contributed by atoms with Gasteiger partial charge in [0.05, 0.1) is 0 Å². The van der Waals surface area contributed by atoms with Crippen molar-refractivity contribution in [3.8, 4) is 0 Å². The number of alkyl halides is 3. The lowest BCUT2D eigenvalue weighted by Crippen LogP contribution is -2.15. The first-order valence-electron chi connectivity index (χ1n) is 5.56. The SMILES string of the molecule is Nc1ccc(Cl)cc1C(O)c1cccnc1C(F)(F)F. The molecule has 20 heavy (non-hydrogen) atoms. The molecule has 0 amide bonds. The van der Waals surface area contributed by atoms with E-state index in [1.54, 1.807) is 0 Å². The molecule has 2 rings (SSSR count). The molecule has 1 unspecified atom stereocenters. The van der Waals surface area contributed by atoms with Crippen molar-refractivity contribution in [1.82, 2.24) is 4.98 Å². The number of benzene rings is 1. The van der Waals surface area contributed by atoms with E-state index in [-0.39, 0.29) is 21.8 Å². The van der Waals surface area contributed by atoms with E-state index in [0.717, 1.165) is 12.3 Å². The molecule has 3 nitrogen and oxygen atoms in total. The molecule has 0 fully saturated rings. The molecule has 2 aromatic rings. The van der Waals surface area contributed by atoms with Crippen LogP contribution in [0.25, 0.3) is 0 Å². The van der Waals surface area contributed by atoms with Crippen LogP contribution >= 0.6 is 11.6 Å². The van der Waals surface area contributed by atoms with E-state index in [4.69, 9.17) is 17.3 Å². The number of hydrogen-bond acceptors (Lipinski definition) is 3. The molecule has 0 saturated heterocycles. The third kappa shape index (κ3) is 2.86. The second-order valence-electron chi connectivity index (χ2n) is 4.11. The molecular formula is C13H10ClF3N2O. The summed E-state index contributed by atoms with van der Waals surface area (Å²) in [6.45, 7) is 0. The zero-order valence-corrected chi connectivity index (χ0v) is 10.8. The van der Waals surface area contributed by atoms with Crippen LogP contribution in [0, 0.1) is 0 Å². The molecule has 1 heterocycles. The van der Waals surface area contributed by atoms with E-state index in [9.17, 15) is 18.3 Å². The molecule has 7 heteroatoms. The first-order chi connectivity index (χ1) is 9.30. The molecular weight excluding hydrogens is 293 g/mol. The van der Waals surface area contributed by atoms with Gasteiger partial charge in [0.25, 0.3) is 0 Å². The molecule has 0 bridgehead atoms. The van der Waals surface area contributed by atoms with Gasteiger partial charge in [0.15, 0.2) is 5.69 Å². The maximum absolute atomic E-state index is 12.9. The van der Waals surface area contributed by atoms with E-state index >= 15 is 0 Å². The van der Waals surface area contributed by atoms with Gasteiger partial charge >= 0.3 is 6.18 Å². The first-order valence-corrected chi connectivity index (χ1v) is 5.93. The maximum atomic E-state index is 12.9. The third-order valence-electron chi connectivity index (χ3n) is 2.75. The van der Waals surface area contributed by atoms with Crippen molar-refractivity contribution < 1.29 is 18.3 Å². The fourth-order valence-corrected chi connectivity index (χ4v) is 2.01. The van der Waals surface area contributed by atoms with Crippen molar-refractivity contribution in [2.24, 2.45) is 0 Å². The Kier molecular flexibility index (Phi) is 3.87. The second-order valence-corrected chi connectivity index (χ2v) is 4.55. The number of aromatic nitrogens is 1. The van der Waals surface area contributed by atoms with E-state index in [0.29, 0.717) is 0 Å². The molecule has 0 aliphatic rings. The van der Waals surface area contributed by atoms with Gasteiger partial charge in [-0.15, -0.1) is 0 Å². The highest BCUT2D eigenvalue weighted by Crippen LogP contribution is 2.36. The lowest BCUT2D eigenvalue weighted by Gasteiger charge is -2.18. The molecule has 1 aromatic carbocycles. The summed E-state index contributed by atoms with van der Waals surface area (Å²) in [7, 11) is 0. The third-order valence-corrected chi connectivity index (χ3v) is 2.98. The van der Waals surface area contributed by atoms with Crippen LogP contribution in [0.5, 0.6) is 0 Å². The smallest absolute Gasteiger partial charge is 0.398 e. The van der Waals surface area contributed by atoms with Gasteiger partial charge in [0.1, 0.15) is 6.10 Å². The number of nitrogens with two attached hydrogens (primary N) is 1. The number of aliphatic hydroxyl groups excluding tert-OH is 1. The van der Waals surface area contributed by atoms with Crippen molar-refractivity contribution in [2.45, 2.75) is 12.3 Å². The molecule has 3 N–H and O–H groups in total. The first kappa shape index (κ1) is 14.6. The molecule has 0 aliphatic carbocycles. The van der Waals surface area contributed by atoms with Crippen molar-refractivity contribution in [2.75, 3.05) is 5.73 Å². The van der Waals surface area contributed by atoms with Crippen LogP contribution in [0.1, 0.15) is 22.9 Å². The number of nitrogen functional groups attached to an aromatic ring is 1. The van der Waals surface area contributed by atoms with Crippen LogP contribution in [0.2, 0.25) is 5.02 Å². The van der Waals surface area contributed by atoms with Crippen LogP contribution in [0.15, 0.2) is 36.5 Å². The normalized spacial score (nSPS) is 13.2. The Morgan fingerprint density at radius 2 is 1.90 bits per heavy atom. The van der Waals surface area contributed by atoms with Gasteiger partial charge in [0.2, 0.25) is 0 Å². The fraction of sp³-hybridized carbons (Fsp3) is 0.154. The number of hydrogen-bond donors (Lipinski definition) is 2. The van der Waals surface area contributed by atoms with Crippen LogP contribution in [-0.4, -0.2) is 10.1 Å². The number of aliphatic hydroxyl groups is 1. The molecule has 0 aliphatic heterocycles. The lowest BCUT2D eigenvalue weighted by atomic mass is 9.98. The summed E-state index contributed by atoms with van der Waals surface area (Å²) in [5.74, 6) is 0. The molecule has 1 aromatic heterocycles. The Hall–Kier alpha value is -1.79. The van der Waals surface area contributed by atoms with Crippen molar-refractivity contribution >= 4 is 17.3 Å². The van der Waals surface area contributed by atoms with E-state index in [1.165, 1.54) is 24.3 Å². The fourth-order valence-electron chi connectivity index (χ4n) is 1.83. The Bertz CT molecular complexity index is 631. The van der Waals surface area contributed by atoms with Crippen molar-refractivity contribution in [3.63, 3.8) is 0 Å². The second kappa shape index (κ2) is 5.30. The summed E-state index contributed by atoms with van der Waals surface area (Å²) in [5, 5.41) is 10.4. The average Bonchev–Trinajstić information content (AvgIpc) is 2.40. The maximum Gasteiger partial charge on any atom is 0.433 e.